The largest absolute Gasteiger partial charge is 0.357 e. The van der Waals surface area contributed by atoms with E-state index in [0.717, 1.165) is 49.9 Å². The Labute approximate surface area is 203 Å². The molecule has 3 aliphatic rings. The van der Waals surface area contributed by atoms with Gasteiger partial charge in [-0.2, -0.15) is 5.26 Å². The molecule has 8 nitrogen and oxygen atoms in total. The molecule has 0 saturated carbocycles. The molecule has 0 radical (unpaired) electrons. The summed E-state index contributed by atoms with van der Waals surface area (Å²) in [6.07, 6.45) is 4.86. The highest BCUT2D eigenvalue weighted by atomic mass is 32.2. The maximum atomic E-state index is 13.3. The van der Waals surface area contributed by atoms with Gasteiger partial charge < -0.3 is 4.90 Å². The molecule has 176 valence electrons. The van der Waals surface area contributed by atoms with E-state index in [-0.39, 0.29) is 28.5 Å². The third-order valence-corrected chi connectivity index (χ3v) is 9.45. The molecule has 3 saturated heterocycles. The van der Waals surface area contributed by atoms with Gasteiger partial charge in [0.05, 0.1) is 22.5 Å². The molecule has 33 heavy (non-hydrogen) atoms. The van der Waals surface area contributed by atoms with Gasteiger partial charge in [-0.1, -0.05) is 30.9 Å². The fourth-order valence-electron chi connectivity index (χ4n) is 4.75. The molecule has 1 atom stereocenters. The Kier molecular flexibility index (Phi) is 6.71. The van der Waals surface area contributed by atoms with Gasteiger partial charge in [-0.15, -0.1) is 0 Å². The monoisotopic (exact) mass is 506 g/mol. The van der Waals surface area contributed by atoms with E-state index < -0.39 is 15.9 Å². The summed E-state index contributed by atoms with van der Waals surface area (Å²) in [6, 6.07) is 1.60. The topological polar surface area (TPSA) is 103 Å². The molecule has 1 aromatic heterocycles. The van der Waals surface area contributed by atoms with E-state index in [2.05, 4.69) is 11.0 Å². The van der Waals surface area contributed by atoms with Gasteiger partial charge >= 0.3 is 0 Å². The minimum Gasteiger partial charge on any atom is -0.357 e. The predicted molar refractivity (Wildman–Crippen MR) is 134 cm³/mol. The third-order valence-electron chi connectivity index (χ3n) is 6.37. The number of carbonyl (C=O) groups is 1. The Morgan fingerprint density at radius 3 is 2.55 bits per heavy atom. The van der Waals surface area contributed by atoms with Crippen LogP contribution < -0.4 is 10.5 Å². The molecule has 1 aromatic rings. The number of nitriles is 1. The first-order chi connectivity index (χ1) is 15.7. The number of rotatable bonds is 5. The third kappa shape index (κ3) is 4.36. The fourth-order valence-corrected chi connectivity index (χ4v) is 7.83. The number of pyridine rings is 1. The van der Waals surface area contributed by atoms with Gasteiger partial charge in [0.25, 0.3) is 11.5 Å². The van der Waals surface area contributed by atoms with Gasteiger partial charge in [0.2, 0.25) is 0 Å². The van der Waals surface area contributed by atoms with Gasteiger partial charge in [-0.05, 0) is 44.2 Å². The van der Waals surface area contributed by atoms with Crippen LogP contribution in [0.1, 0.15) is 49.3 Å². The van der Waals surface area contributed by atoms with Gasteiger partial charge in [-0.25, -0.2) is 8.42 Å². The summed E-state index contributed by atoms with van der Waals surface area (Å²) in [7, 11) is -3.17. The predicted octanol–water partition coefficient (Wildman–Crippen LogP) is 2.43. The summed E-state index contributed by atoms with van der Waals surface area (Å²) in [6.45, 7) is 5.80. The quantitative estimate of drug-likeness (QED) is 0.443. The Bertz CT molecular complexity index is 1250. The zero-order valence-corrected chi connectivity index (χ0v) is 21.1. The molecule has 0 aromatic carbocycles. The van der Waals surface area contributed by atoms with Crippen molar-refractivity contribution in [2.45, 2.75) is 52.1 Å². The lowest BCUT2D eigenvalue weighted by Gasteiger charge is -2.26. The summed E-state index contributed by atoms with van der Waals surface area (Å²) in [4.78, 5) is 30.4. The highest BCUT2D eigenvalue weighted by Gasteiger charge is 2.42. The molecular weight excluding hydrogens is 480 g/mol. The van der Waals surface area contributed by atoms with Crippen LogP contribution in [0.4, 0.5) is 5.82 Å². The Hall–Kier alpha value is -2.16. The molecular formula is C22H26N4O4S3. The van der Waals surface area contributed by atoms with Crippen molar-refractivity contribution < 1.29 is 13.2 Å². The van der Waals surface area contributed by atoms with Gasteiger partial charge in [0, 0.05) is 25.2 Å². The molecule has 4 heterocycles. The summed E-state index contributed by atoms with van der Waals surface area (Å²) in [5.74, 6) is 0.403. The van der Waals surface area contributed by atoms with E-state index in [1.807, 2.05) is 6.92 Å². The van der Waals surface area contributed by atoms with E-state index in [9.17, 15) is 23.3 Å². The number of hydrogen-bond acceptors (Lipinski definition) is 8. The maximum Gasteiger partial charge on any atom is 0.270 e. The number of hydrogen-bond donors (Lipinski definition) is 0. The molecule has 1 unspecified atom stereocenters. The van der Waals surface area contributed by atoms with Crippen LogP contribution in [0.3, 0.4) is 0 Å². The van der Waals surface area contributed by atoms with Crippen molar-refractivity contribution in [1.29, 1.82) is 5.26 Å². The van der Waals surface area contributed by atoms with Crippen LogP contribution in [0.2, 0.25) is 0 Å². The average Bonchev–Trinajstić information content (AvgIpc) is 3.46. The molecule has 0 aliphatic carbocycles. The number of aromatic nitrogens is 1. The normalized spacial score (nSPS) is 23.7. The van der Waals surface area contributed by atoms with E-state index in [1.165, 1.54) is 4.90 Å². The fraction of sp³-hybridized carbons (Fsp3) is 0.545. The first-order valence-corrected chi connectivity index (χ1v) is 14.1. The summed E-state index contributed by atoms with van der Waals surface area (Å²) >= 11 is 6.59. The second kappa shape index (κ2) is 9.24. The molecule has 1 amide bonds. The van der Waals surface area contributed by atoms with E-state index >= 15 is 0 Å². The van der Waals surface area contributed by atoms with Gasteiger partial charge in [0.15, 0.2) is 9.84 Å². The Morgan fingerprint density at radius 2 is 1.97 bits per heavy atom. The smallest absolute Gasteiger partial charge is 0.270 e. The van der Waals surface area contributed by atoms with E-state index in [0.29, 0.717) is 33.3 Å². The van der Waals surface area contributed by atoms with Crippen LogP contribution >= 0.6 is 24.0 Å². The molecule has 11 heteroatoms. The number of thioether (sulfide) groups is 1. The maximum absolute atomic E-state index is 13.3. The zero-order valence-electron chi connectivity index (χ0n) is 18.7. The Morgan fingerprint density at radius 1 is 1.27 bits per heavy atom. The second-order valence-electron chi connectivity index (χ2n) is 8.61. The average molecular weight is 507 g/mol. The number of nitrogens with zero attached hydrogens (tertiary/aromatic N) is 4. The van der Waals surface area contributed by atoms with Gasteiger partial charge in [-0.3, -0.25) is 19.1 Å². The highest BCUT2D eigenvalue weighted by molar-refractivity contribution is 8.26. The second-order valence-corrected chi connectivity index (χ2v) is 12.5. The summed E-state index contributed by atoms with van der Waals surface area (Å²) in [5, 5.41) is 9.71. The first-order valence-electron chi connectivity index (χ1n) is 11.1. The Balaban J connectivity index is 1.84. The van der Waals surface area contributed by atoms with Crippen molar-refractivity contribution in [2.24, 2.45) is 0 Å². The SMILES string of the molecule is CCCn1c(N2CCCC2)c(/C=C2/SC(=S)N(C3CCS(=O)(=O)C3)C2=O)c(C)c(C#N)c1=O. The molecule has 3 aliphatic heterocycles. The van der Waals surface area contributed by atoms with Crippen LogP contribution in [-0.4, -0.2) is 58.7 Å². The molecule has 0 N–H and O–H groups in total. The van der Waals surface area contributed by atoms with Crippen molar-refractivity contribution in [3.05, 3.63) is 31.9 Å². The molecule has 0 spiro atoms. The minimum atomic E-state index is -3.17. The van der Waals surface area contributed by atoms with Crippen LogP contribution in [0.15, 0.2) is 9.70 Å². The lowest BCUT2D eigenvalue weighted by atomic mass is 10.0. The zero-order chi connectivity index (χ0) is 23.9. The summed E-state index contributed by atoms with van der Waals surface area (Å²) in [5.41, 5.74) is 1.00. The summed E-state index contributed by atoms with van der Waals surface area (Å²) < 4.78 is 25.9. The van der Waals surface area contributed by atoms with Crippen LogP contribution in [0, 0.1) is 18.3 Å². The molecule has 3 fully saturated rings. The molecule has 4 rings (SSSR count). The standard InChI is InChI=1S/C22H26N4O4S3/c1-3-7-25-19(24-8-4-5-9-24)16(14(2)17(12-23)20(25)27)11-18-21(28)26(22(31)32-18)15-6-10-33(29,30)13-15/h11,15H,3-10,13H2,1-2H3/b18-11+. The van der Waals surface area contributed by atoms with E-state index in [1.54, 1.807) is 17.6 Å². The number of carbonyl (C=O) groups excluding carboxylic acids is 1. The van der Waals surface area contributed by atoms with Crippen LogP contribution in [0.25, 0.3) is 6.08 Å². The lowest BCUT2D eigenvalue weighted by Crippen LogP contribution is -2.39. The minimum absolute atomic E-state index is 0.0551. The first kappa shape index (κ1) is 24.0. The van der Waals surface area contributed by atoms with Crippen molar-refractivity contribution in [3.63, 3.8) is 0 Å². The van der Waals surface area contributed by atoms with Crippen molar-refractivity contribution in [2.75, 3.05) is 29.5 Å². The molecule has 0 bridgehead atoms. The van der Waals surface area contributed by atoms with Gasteiger partial charge in [0.1, 0.15) is 21.8 Å². The number of anilines is 1. The lowest BCUT2D eigenvalue weighted by molar-refractivity contribution is -0.123. The highest BCUT2D eigenvalue weighted by Crippen LogP contribution is 2.38. The van der Waals surface area contributed by atoms with Crippen molar-refractivity contribution in [3.8, 4) is 6.07 Å². The van der Waals surface area contributed by atoms with E-state index in [4.69, 9.17) is 12.2 Å². The number of sulfone groups is 1. The van der Waals surface area contributed by atoms with Crippen molar-refractivity contribution >= 4 is 55.9 Å². The van der Waals surface area contributed by atoms with Crippen LogP contribution in [-0.2, 0) is 21.2 Å². The number of thiocarbonyl (C=S) groups is 1. The van der Waals surface area contributed by atoms with Crippen LogP contribution in [0.5, 0.6) is 0 Å². The van der Waals surface area contributed by atoms with Crippen molar-refractivity contribution in [1.82, 2.24) is 9.47 Å². The number of amides is 1.